The lowest BCUT2D eigenvalue weighted by molar-refractivity contribution is 1.41. The highest BCUT2D eigenvalue weighted by molar-refractivity contribution is 6.98. The zero-order chi connectivity index (χ0) is 14.7. The lowest BCUT2D eigenvalue weighted by Crippen LogP contribution is -2.24. The van der Waals surface area contributed by atoms with Crippen LogP contribution in [0.5, 0.6) is 0 Å². The molecule has 3 heteroatoms. The summed E-state index contributed by atoms with van der Waals surface area (Å²) in [5.74, 6) is 0. The van der Waals surface area contributed by atoms with Gasteiger partial charge in [0.05, 0.1) is 19.0 Å². The van der Waals surface area contributed by atoms with Gasteiger partial charge >= 0.3 is 0 Å². The molecule has 0 aliphatic heterocycles. The van der Waals surface area contributed by atoms with Gasteiger partial charge in [0.25, 0.3) is 0 Å². The smallest absolute Gasteiger partial charge is 0.106 e. The Balaban J connectivity index is 4.75. The summed E-state index contributed by atoms with van der Waals surface area (Å²) in [5.41, 5.74) is 21.4. The van der Waals surface area contributed by atoms with E-state index in [-0.39, 0.29) is 19.0 Å². The van der Waals surface area contributed by atoms with Crippen molar-refractivity contribution in [2.24, 2.45) is 0 Å². The Morgan fingerprint density at radius 3 is 1.42 bits per heavy atom. The Labute approximate surface area is 125 Å². The highest BCUT2D eigenvalue weighted by Gasteiger charge is 2.17. The fourth-order valence-corrected chi connectivity index (χ4v) is 7.95. The first-order valence-electron chi connectivity index (χ1n) is 6.85. The van der Waals surface area contributed by atoms with Crippen LogP contribution in [0.4, 0.5) is 0 Å². The number of hydrogen-bond acceptors (Lipinski definition) is 0. The molecule has 0 amide bonds. The second kappa shape index (κ2) is 9.95. The molecule has 0 radical (unpaired) electrons. The Morgan fingerprint density at radius 2 is 1.16 bits per heavy atom. The molecule has 0 heterocycles. The number of rotatable bonds is 8. The van der Waals surface area contributed by atoms with Crippen LogP contribution < -0.4 is 0 Å². The zero-order valence-corrected chi connectivity index (χ0v) is 16.8. The minimum absolute atomic E-state index is 0.214. The molecule has 0 unspecified atom stereocenters. The molecule has 0 fully saturated rings. The van der Waals surface area contributed by atoms with Gasteiger partial charge in [0.15, 0.2) is 0 Å². The van der Waals surface area contributed by atoms with E-state index in [1.54, 1.807) is 0 Å². The van der Waals surface area contributed by atoms with E-state index in [0.29, 0.717) is 0 Å². The summed E-state index contributed by atoms with van der Waals surface area (Å²) in [6.45, 7) is 16.7. The molecule has 0 nitrogen and oxygen atoms in total. The van der Waals surface area contributed by atoms with Gasteiger partial charge in [-0.1, -0.05) is 45.3 Å². The van der Waals surface area contributed by atoms with Crippen molar-refractivity contribution < 1.29 is 0 Å². The lowest BCUT2D eigenvalue weighted by atomic mass is 10.4. The average Bonchev–Trinajstić information content (AvgIpc) is 2.37. The van der Waals surface area contributed by atoms with Crippen LogP contribution in [-0.2, 0) is 0 Å². The normalized spacial score (nSPS) is 12.8. The van der Waals surface area contributed by atoms with Crippen molar-refractivity contribution in [2.45, 2.75) is 27.7 Å². The van der Waals surface area contributed by atoms with Crippen molar-refractivity contribution in [3.8, 4) is 0 Å². The highest BCUT2D eigenvalue weighted by Crippen LogP contribution is 2.10. The molecule has 0 bridgehead atoms. The molecule has 0 saturated heterocycles. The third-order valence-corrected chi connectivity index (χ3v) is 9.95. The molecule has 0 aromatic rings. The molecule has 0 rings (SSSR count). The Morgan fingerprint density at radius 1 is 0.789 bits per heavy atom. The van der Waals surface area contributed by atoms with E-state index < -0.39 is 8.07 Å². The van der Waals surface area contributed by atoms with Crippen molar-refractivity contribution in [1.82, 2.24) is 0 Å². The quantitative estimate of drug-likeness (QED) is 0.604. The van der Waals surface area contributed by atoms with Crippen LogP contribution in [0.2, 0.25) is 0 Å². The summed E-state index contributed by atoms with van der Waals surface area (Å²) < 4.78 is 0. The van der Waals surface area contributed by atoms with Gasteiger partial charge in [-0.05, 0) is 27.7 Å². The van der Waals surface area contributed by atoms with Crippen LogP contribution in [0.25, 0.3) is 0 Å². The van der Waals surface area contributed by atoms with Gasteiger partial charge in [-0.3, -0.25) is 0 Å². The molecule has 0 atom stereocenters. The first-order valence-corrected chi connectivity index (χ1v) is 12.4. The van der Waals surface area contributed by atoms with E-state index in [9.17, 15) is 0 Å². The minimum Gasteiger partial charge on any atom is -0.106 e. The minimum atomic E-state index is -1.71. The van der Waals surface area contributed by atoms with Gasteiger partial charge in [-0.15, -0.1) is 24.6 Å². The maximum absolute atomic E-state index is 4.02. The van der Waals surface area contributed by atoms with Gasteiger partial charge in [0.1, 0.15) is 8.07 Å². The Kier molecular flexibility index (Phi) is 9.47. The van der Waals surface area contributed by atoms with Crippen LogP contribution in [-0.4, -0.2) is 27.1 Å². The standard InChI is InChI=1S/C16H28Si3/c1-7-19(8-2,11-9-17-13-15(3)4)12-10-18-14-16(5)6/h7-14H,1-2,17-18H2,3-6H3. The van der Waals surface area contributed by atoms with Crippen molar-refractivity contribution in [1.29, 1.82) is 0 Å². The molecular weight excluding hydrogens is 276 g/mol. The second-order valence-corrected chi connectivity index (χ2v) is 11.4. The summed E-state index contributed by atoms with van der Waals surface area (Å²) in [6, 6.07) is 0. The topological polar surface area (TPSA) is 0 Å². The highest BCUT2D eigenvalue weighted by atomic mass is 28.3. The number of allylic oxidation sites excluding steroid dienone is 2. The molecule has 0 N–H and O–H groups in total. The molecule has 0 aliphatic carbocycles. The predicted octanol–water partition coefficient (Wildman–Crippen LogP) is 3.18. The van der Waals surface area contributed by atoms with Crippen LogP contribution in [0.3, 0.4) is 0 Å². The van der Waals surface area contributed by atoms with Gasteiger partial charge < -0.3 is 0 Å². The summed E-state index contributed by atoms with van der Waals surface area (Å²) >= 11 is 0. The molecule has 0 aromatic heterocycles. The fourth-order valence-electron chi connectivity index (χ4n) is 1.56. The van der Waals surface area contributed by atoms with Gasteiger partial charge in [0.2, 0.25) is 0 Å². The van der Waals surface area contributed by atoms with Crippen molar-refractivity contribution >= 4 is 27.1 Å². The van der Waals surface area contributed by atoms with Crippen molar-refractivity contribution in [3.63, 3.8) is 0 Å². The van der Waals surface area contributed by atoms with E-state index in [0.717, 1.165) is 0 Å². The SMILES string of the molecule is C=C[Si](C=C)(C=C[SiH2]C=C(C)C)C=C[SiH2]C=C(C)C. The largest absolute Gasteiger partial charge is 0.148 e. The van der Waals surface area contributed by atoms with Crippen LogP contribution in [0, 0.1) is 0 Å². The van der Waals surface area contributed by atoms with Crippen LogP contribution in [0.15, 0.2) is 69.9 Å². The molecule has 0 saturated carbocycles. The first kappa shape index (κ1) is 18.1. The molecular formula is C16H28Si3. The number of hydrogen-bond donors (Lipinski definition) is 0. The third kappa shape index (κ3) is 8.75. The second-order valence-electron chi connectivity index (χ2n) is 5.25. The van der Waals surface area contributed by atoms with Crippen molar-refractivity contribution in [2.75, 3.05) is 0 Å². The summed E-state index contributed by atoms with van der Waals surface area (Å²) in [4.78, 5) is 0. The Bertz CT molecular complexity index is 364. The maximum atomic E-state index is 4.02. The third-order valence-electron chi connectivity index (χ3n) is 2.84. The summed E-state index contributed by atoms with van der Waals surface area (Å²) in [6.07, 6.45) is 0. The van der Waals surface area contributed by atoms with Gasteiger partial charge in [-0.25, -0.2) is 0 Å². The first-order chi connectivity index (χ1) is 8.95. The maximum Gasteiger partial charge on any atom is 0.148 e. The average molecular weight is 305 g/mol. The molecule has 104 valence electrons. The monoisotopic (exact) mass is 304 g/mol. The van der Waals surface area contributed by atoms with Crippen LogP contribution >= 0.6 is 0 Å². The van der Waals surface area contributed by atoms with E-state index in [4.69, 9.17) is 0 Å². The molecule has 19 heavy (non-hydrogen) atoms. The molecule has 0 spiro atoms. The van der Waals surface area contributed by atoms with Crippen molar-refractivity contribution in [3.05, 3.63) is 69.9 Å². The lowest BCUT2D eigenvalue weighted by Gasteiger charge is -2.14. The van der Waals surface area contributed by atoms with E-state index >= 15 is 0 Å². The van der Waals surface area contributed by atoms with E-state index in [2.05, 4.69) is 86.4 Å². The van der Waals surface area contributed by atoms with Crippen LogP contribution in [0.1, 0.15) is 27.7 Å². The summed E-state index contributed by atoms with van der Waals surface area (Å²) in [7, 11) is -2.14. The molecule has 0 aliphatic rings. The molecule has 0 aromatic carbocycles. The fraction of sp³-hybridized carbons (Fsp3) is 0.250. The van der Waals surface area contributed by atoms with Gasteiger partial charge in [0, 0.05) is 0 Å². The van der Waals surface area contributed by atoms with E-state index in [1.165, 1.54) is 11.1 Å². The van der Waals surface area contributed by atoms with Gasteiger partial charge in [-0.2, -0.15) is 0 Å². The zero-order valence-electron chi connectivity index (χ0n) is 12.9. The summed E-state index contributed by atoms with van der Waals surface area (Å²) in [5, 5.41) is 0. The predicted molar refractivity (Wildman–Crippen MR) is 100 cm³/mol. The van der Waals surface area contributed by atoms with E-state index in [1.807, 2.05) is 0 Å². The Hall–Kier alpha value is -0.909.